The zero-order chi connectivity index (χ0) is 17.9. The zero-order valence-corrected chi connectivity index (χ0v) is 16.0. The molecule has 0 atom stereocenters. The summed E-state index contributed by atoms with van der Waals surface area (Å²) < 4.78 is 8.14. The van der Waals surface area contributed by atoms with E-state index in [4.69, 9.17) is 4.74 Å². The van der Waals surface area contributed by atoms with Gasteiger partial charge in [-0.1, -0.05) is 29.8 Å². The first kappa shape index (κ1) is 17.0. The summed E-state index contributed by atoms with van der Waals surface area (Å²) in [5.41, 5.74) is 6.03. The van der Waals surface area contributed by atoms with Gasteiger partial charge in [-0.25, -0.2) is 4.98 Å². The van der Waals surface area contributed by atoms with Gasteiger partial charge < -0.3 is 9.64 Å². The average molecular weight is 415 g/mol. The summed E-state index contributed by atoms with van der Waals surface area (Å²) in [5.74, 6) is 1.64. The fraction of sp³-hybridized carbons (Fsp3) is 0.278. The third-order valence-electron chi connectivity index (χ3n) is 4.18. The van der Waals surface area contributed by atoms with Gasteiger partial charge in [0.2, 0.25) is 0 Å². The monoisotopic (exact) mass is 414 g/mol. The Bertz CT molecular complexity index is 948. The molecule has 1 aliphatic rings. The number of benzene rings is 1. The number of aryl methyl sites for hydroxylation is 1. The molecule has 3 heterocycles. The second kappa shape index (κ2) is 7.43. The first-order valence-corrected chi connectivity index (χ1v) is 9.23. The van der Waals surface area contributed by atoms with Crippen molar-refractivity contribution in [3.05, 3.63) is 52.1 Å². The van der Waals surface area contributed by atoms with Crippen LogP contribution in [0.25, 0.3) is 5.65 Å². The van der Waals surface area contributed by atoms with Gasteiger partial charge in [0.1, 0.15) is 5.82 Å². The maximum absolute atomic E-state index is 5.46. The van der Waals surface area contributed by atoms with E-state index >= 15 is 0 Å². The van der Waals surface area contributed by atoms with Gasteiger partial charge in [0.25, 0.3) is 0 Å². The summed E-state index contributed by atoms with van der Waals surface area (Å²) in [4.78, 5) is 6.85. The number of aromatic nitrogens is 3. The van der Waals surface area contributed by atoms with Crippen molar-refractivity contribution in [1.82, 2.24) is 14.6 Å². The number of ether oxygens (including phenoxy) is 1. The van der Waals surface area contributed by atoms with E-state index < -0.39 is 0 Å². The quantitative estimate of drug-likeness (QED) is 0.524. The predicted octanol–water partition coefficient (Wildman–Crippen LogP) is 3.08. The molecule has 0 saturated carbocycles. The number of rotatable bonds is 4. The molecule has 0 spiro atoms. The number of fused-ring (bicyclic) bond motifs is 1. The summed E-state index contributed by atoms with van der Waals surface area (Å²) >= 11 is 3.52. The maximum atomic E-state index is 5.46. The van der Waals surface area contributed by atoms with Crippen LogP contribution in [0.5, 0.6) is 0 Å². The van der Waals surface area contributed by atoms with Crippen LogP contribution >= 0.6 is 15.9 Å². The molecule has 1 N–H and O–H groups in total. The number of halogens is 1. The molecule has 4 rings (SSSR count). The van der Waals surface area contributed by atoms with E-state index in [0.717, 1.165) is 34.6 Å². The van der Waals surface area contributed by atoms with Crippen LogP contribution in [-0.2, 0) is 4.74 Å². The minimum atomic E-state index is 0.670. The van der Waals surface area contributed by atoms with Crippen LogP contribution < -0.4 is 10.3 Å². The third-order valence-corrected chi connectivity index (χ3v) is 4.74. The van der Waals surface area contributed by atoms with Crippen LogP contribution in [0.3, 0.4) is 0 Å². The van der Waals surface area contributed by atoms with Crippen LogP contribution in [0.4, 0.5) is 11.6 Å². The lowest BCUT2D eigenvalue weighted by molar-refractivity contribution is 0.122. The molecule has 0 radical (unpaired) electrons. The van der Waals surface area contributed by atoms with Crippen LogP contribution in [-0.4, -0.2) is 47.1 Å². The summed E-state index contributed by atoms with van der Waals surface area (Å²) in [6.45, 7) is 5.12. The van der Waals surface area contributed by atoms with Crippen LogP contribution in [0.2, 0.25) is 0 Å². The summed E-state index contributed by atoms with van der Waals surface area (Å²) in [6, 6.07) is 10.1. The highest BCUT2D eigenvalue weighted by Crippen LogP contribution is 2.25. The van der Waals surface area contributed by atoms with Crippen molar-refractivity contribution in [2.24, 2.45) is 5.10 Å². The van der Waals surface area contributed by atoms with E-state index in [1.165, 1.54) is 5.56 Å². The molecule has 26 heavy (non-hydrogen) atoms. The van der Waals surface area contributed by atoms with Crippen molar-refractivity contribution in [3.63, 3.8) is 0 Å². The molecule has 134 valence electrons. The van der Waals surface area contributed by atoms with Crippen LogP contribution in [0.1, 0.15) is 11.1 Å². The number of hydrogen-bond acceptors (Lipinski definition) is 6. The highest BCUT2D eigenvalue weighted by atomic mass is 79.9. The Morgan fingerprint density at radius 1 is 1.27 bits per heavy atom. The van der Waals surface area contributed by atoms with E-state index in [0.29, 0.717) is 19.0 Å². The minimum Gasteiger partial charge on any atom is -0.378 e. The Kier molecular flexibility index (Phi) is 4.85. The van der Waals surface area contributed by atoms with Gasteiger partial charge in [-0.2, -0.15) is 14.7 Å². The number of nitrogens with one attached hydrogen (secondary N) is 1. The normalized spacial score (nSPS) is 15.1. The number of hydrogen-bond donors (Lipinski definition) is 1. The molecule has 0 aliphatic carbocycles. The number of hydrazone groups is 1. The van der Waals surface area contributed by atoms with Gasteiger partial charge in [0, 0.05) is 19.2 Å². The van der Waals surface area contributed by atoms with Crippen molar-refractivity contribution in [2.45, 2.75) is 6.92 Å². The molecule has 0 amide bonds. The topological polar surface area (TPSA) is 67.0 Å². The Balaban J connectivity index is 1.63. The van der Waals surface area contributed by atoms with Gasteiger partial charge in [-0.05, 0) is 28.4 Å². The van der Waals surface area contributed by atoms with Crippen molar-refractivity contribution in [2.75, 3.05) is 36.6 Å². The lowest BCUT2D eigenvalue weighted by Crippen LogP contribution is -2.37. The van der Waals surface area contributed by atoms with Crippen LogP contribution in [0, 0.1) is 6.92 Å². The summed E-state index contributed by atoms with van der Waals surface area (Å²) in [5, 5.41) is 8.77. The summed E-state index contributed by atoms with van der Waals surface area (Å²) in [6.07, 6.45) is 3.55. The van der Waals surface area contributed by atoms with Gasteiger partial charge in [0.05, 0.1) is 30.1 Å². The van der Waals surface area contributed by atoms with E-state index in [1.54, 1.807) is 12.4 Å². The predicted molar refractivity (Wildman–Crippen MR) is 106 cm³/mol. The van der Waals surface area contributed by atoms with Gasteiger partial charge >= 0.3 is 0 Å². The highest BCUT2D eigenvalue weighted by molar-refractivity contribution is 9.10. The minimum absolute atomic E-state index is 0.670. The molecule has 1 fully saturated rings. The van der Waals surface area contributed by atoms with Crippen molar-refractivity contribution >= 4 is 39.4 Å². The Hall–Kier alpha value is -2.45. The lowest BCUT2D eigenvalue weighted by atomic mass is 10.2. The maximum Gasteiger partial charge on any atom is 0.173 e. The standard InChI is InChI=1S/C18H19BrN6O/c1-13-3-2-4-14(9-13)11-20-23-16-10-17(24-5-7-26-8-6-24)25-18(22-16)15(19)12-21-25/h2-4,9-12H,5-8H2,1H3,(H,22,23)/b20-11+. The van der Waals surface area contributed by atoms with E-state index in [2.05, 4.69) is 60.5 Å². The molecular weight excluding hydrogens is 396 g/mol. The van der Waals surface area contributed by atoms with Crippen molar-refractivity contribution in [1.29, 1.82) is 0 Å². The average Bonchev–Trinajstić information content (AvgIpc) is 3.03. The first-order valence-electron chi connectivity index (χ1n) is 8.43. The zero-order valence-electron chi connectivity index (χ0n) is 14.4. The Morgan fingerprint density at radius 2 is 2.12 bits per heavy atom. The second-order valence-electron chi connectivity index (χ2n) is 6.11. The molecule has 3 aromatic rings. The third kappa shape index (κ3) is 3.56. The summed E-state index contributed by atoms with van der Waals surface area (Å²) in [7, 11) is 0. The Labute approximate surface area is 159 Å². The number of anilines is 2. The van der Waals surface area contributed by atoms with E-state index in [9.17, 15) is 0 Å². The number of morpholine rings is 1. The van der Waals surface area contributed by atoms with Crippen LogP contribution in [0.15, 0.2) is 46.1 Å². The number of nitrogens with zero attached hydrogens (tertiary/aromatic N) is 5. The molecule has 0 unspecified atom stereocenters. The largest absolute Gasteiger partial charge is 0.378 e. The SMILES string of the molecule is Cc1cccc(/C=N/Nc2cc(N3CCOCC3)n3ncc(Br)c3n2)c1. The lowest BCUT2D eigenvalue weighted by Gasteiger charge is -2.29. The molecular formula is C18H19BrN6O. The van der Waals surface area contributed by atoms with Gasteiger partial charge in [-0.15, -0.1) is 0 Å². The molecule has 7 nitrogen and oxygen atoms in total. The van der Waals surface area contributed by atoms with E-state index in [-0.39, 0.29) is 0 Å². The van der Waals surface area contributed by atoms with E-state index in [1.807, 2.05) is 22.7 Å². The fourth-order valence-corrected chi connectivity index (χ4v) is 3.27. The smallest absolute Gasteiger partial charge is 0.173 e. The second-order valence-corrected chi connectivity index (χ2v) is 6.97. The molecule has 1 saturated heterocycles. The first-order chi connectivity index (χ1) is 12.7. The van der Waals surface area contributed by atoms with Gasteiger partial charge in [0.15, 0.2) is 11.5 Å². The molecule has 8 heteroatoms. The molecule has 1 aliphatic heterocycles. The van der Waals surface area contributed by atoms with Gasteiger partial charge in [-0.3, -0.25) is 5.43 Å². The van der Waals surface area contributed by atoms with Crippen molar-refractivity contribution in [3.8, 4) is 0 Å². The molecule has 0 bridgehead atoms. The van der Waals surface area contributed by atoms with Crippen molar-refractivity contribution < 1.29 is 4.74 Å². The fourth-order valence-electron chi connectivity index (χ4n) is 2.92. The molecule has 1 aromatic carbocycles. The Morgan fingerprint density at radius 3 is 2.92 bits per heavy atom. The molecule has 2 aromatic heterocycles. The highest BCUT2D eigenvalue weighted by Gasteiger charge is 2.17.